The first-order chi connectivity index (χ1) is 15.1. The van der Waals surface area contributed by atoms with Gasteiger partial charge < -0.3 is 5.32 Å². The minimum absolute atomic E-state index is 0.248. The van der Waals surface area contributed by atoms with Gasteiger partial charge in [0, 0.05) is 29.2 Å². The molecule has 1 saturated heterocycles. The smallest absolute Gasteiger partial charge is 0.307 e. The molecule has 1 aliphatic heterocycles. The quantitative estimate of drug-likeness (QED) is 0.532. The van der Waals surface area contributed by atoms with Gasteiger partial charge in [-0.15, -0.1) is 0 Å². The number of hydrogen-bond acceptors (Lipinski definition) is 4. The Morgan fingerprint density at radius 3 is 2.09 bits per heavy atom. The molecule has 0 saturated carbocycles. The number of urea groups is 1. The van der Waals surface area contributed by atoms with Crippen molar-refractivity contribution in [2.75, 3.05) is 18.4 Å². The Morgan fingerprint density at radius 2 is 1.53 bits per heavy atom. The third kappa shape index (κ3) is 5.67. The van der Waals surface area contributed by atoms with Crippen LogP contribution < -0.4 is 16.2 Å². The molecule has 0 unspecified atom stereocenters. The molecule has 2 aromatic carbocycles. The zero-order valence-electron chi connectivity index (χ0n) is 18.2. The topological polar surface area (TPSA) is 108 Å². The second-order valence-electron chi connectivity index (χ2n) is 7.98. The zero-order valence-corrected chi connectivity index (χ0v) is 20.6. The number of carbonyl (C=O) groups excluding carboxylic acids is 2. The van der Waals surface area contributed by atoms with E-state index in [-0.39, 0.29) is 24.9 Å². The Hall–Kier alpha value is -2.43. The van der Waals surface area contributed by atoms with Gasteiger partial charge in [0.15, 0.2) is 0 Å². The van der Waals surface area contributed by atoms with Crippen molar-refractivity contribution in [1.29, 1.82) is 0 Å². The molecule has 0 atom stereocenters. The Bertz CT molecular complexity index is 1090. The number of rotatable bonds is 4. The van der Waals surface area contributed by atoms with Crippen LogP contribution >= 0.6 is 15.9 Å². The normalized spacial score (nSPS) is 15.2. The first-order valence-electron chi connectivity index (χ1n) is 10.3. The van der Waals surface area contributed by atoms with E-state index in [1.54, 1.807) is 38.1 Å². The lowest BCUT2D eigenvalue weighted by molar-refractivity contribution is -0.126. The molecule has 2 aromatic rings. The van der Waals surface area contributed by atoms with E-state index in [4.69, 9.17) is 0 Å². The van der Waals surface area contributed by atoms with E-state index < -0.39 is 16.1 Å². The number of piperidine rings is 1. The second-order valence-corrected chi connectivity index (χ2v) is 10.8. The average molecular weight is 523 g/mol. The molecule has 0 bridgehead atoms. The minimum atomic E-state index is -3.63. The van der Waals surface area contributed by atoms with Gasteiger partial charge in [0.1, 0.15) is 0 Å². The lowest BCUT2D eigenvalue weighted by Crippen LogP contribution is -2.49. The molecule has 1 fully saturated rings. The predicted octanol–water partition coefficient (Wildman–Crippen LogP) is 3.63. The number of hydrazine groups is 1. The standard InChI is InChI=1S/C22H27BrN4O4S/c1-14-12-15(2)20(16(3)13-14)32(30,31)27-10-8-17(9-11-27)21(28)25-26-22(29)24-19-6-4-18(23)5-7-19/h4-7,12-13,17H,8-11H2,1-3H3,(H,25,28)(H2,24,26,29). The Kier molecular flexibility index (Phi) is 7.58. The van der Waals surface area contributed by atoms with Crippen molar-refractivity contribution in [2.24, 2.45) is 5.92 Å². The lowest BCUT2D eigenvalue weighted by Gasteiger charge is -2.31. The molecule has 10 heteroatoms. The molecule has 1 aliphatic rings. The SMILES string of the molecule is Cc1cc(C)c(S(=O)(=O)N2CCC(C(=O)NNC(=O)Nc3ccc(Br)cc3)CC2)c(C)c1. The summed E-state index contributed by atoms with van der Waals surface area (Å²) in [5.74, 6) is -0.717. The van der Waals surface area contributed by atoms with Gasteiger partial charge in [-0.2, -0.15) is 4.31 Å². The molecule has 3 rings (SSSR count). The number of carbonyl (C=O) groups is 2. The van der Waals surface area contributed by atoms with E-state index in [1.165, 1.54) is 4.31 Å². The Labute approximate surface area is 196 Å². The van der Waals surface area contributed by atoms with E-state index in [1.807, 2.05) is 19.1 Å². The van der Waals surface area contributed by atoms with Gasteiger partial charge in [-0.05, 0) is 69.0 Å². The highest BCUT2D eigenvalue weighted by molar-refractivity contribution is 9.10. The van der Waals surface area contributed by atoms with Crippen LogP contribution in [-0.2, 0) is 14.8 Å². The maximum absolute atomic E-state index is 13.2. The van der Waals surface area contributed by atoms with Crippen molar-refractivity contribution in [1.82, 2.24) is 15.2 Å². The first-order valence-corrected chi connectivity index (χ1v) is 12.5. The van der Waals surface area contributed by atoms with Crippen LogP contribution in [0.2, 0.25) is 0 Å². The summed E-state index contributed by atoms with van der Waals surface area (Å²) in [6.45, 7) is 6.04. The molecule has 172 valence electrons. The van der Waals surface area contributed by atoms with Gasteiger partial charge in [0.05, 0.1) is 4.90 Å². The molecule has 1 heterocycles. The number of sulfonamides is 1. The van der Waals surface area contributed by atoms with E-state index in [2.05, 4.69) is 32.1 Å². The summed E-state index contributed by atoms with van der Waals surface area (Å²) >= 11 is 3.32. The number of amides is 3. The van der Waals surface area contributed by atoms with Crippen molar-refractivity contribution >= 4 is 43.6 Å². The van der Waals surface area contributed by atoms with Crippen LogP contribution in [0, 0.1) is 26.7 Å². The van der Waals surface area contributed by atoms with Crippen LogP contribution in [0.3, 0.4) is 0 Å². The minimum Gasteiger partial charge on any atom is -0.307 e. The largest absolute Gasteiger partial charge is 0.337 e. The van der Waals surface area contributed by atoms with Crippen LogP contribution in [-0.4, -0.2) is 37.8 Å². The van der Waals surface area contributed by atoms with Gasteiger partial charge in [-0.3, -0.25) is 10.2 Å². The Morgan fingerprint density at radius 1 is 0.969 bits per heavy atom. The van der Waals surface area contributed by atoms with Gasteiger partial charge >= 0.3 is 6.03 Å². The third-order valence-electron chi connectivity index (χ3n) is 5.43. The molecular formula is C22H27BrN4O4S. The molecular weight excluding hydrogens is 496 g/mol. The molecule has 0 aliphatic carbocycles. The highest BCUT2D eigenvalue weighted by Crippen LogP contribution is 2.28. The predicted molar refractivity (Wildman–Crippen MR) is 127 cm³/mol. The fourth-order valence-electron chi connectivity index (χ4n) is 3.98. The van der Waals surface area contributed by atoms with E-state index in [0.717, 1.165) is 21.2 Å². The number of nitrogens with one attached hydrogen (secondary N) is 3. The fourth-order valence-corrected chi connectivity index (χ4v) is 6.12. The summed E-state index contributed by atoms with van der Waals surface area (Å²) in [6, 6.07) is 10.2. The van der Waals surface area contributed by atoms with Crippen molar-refractivity contribution < 1.29 is 18.0 Å². The molecule has 0 aromatic heterocycles. The molecule has 3 amide bonds. The number of halogens is 1. The van der Waals surface area contributed by atoms with E-state index >= 15 is 0 Å². The summed E-state index contributed by atoms with van der Waals surface area (Å²) in [5, 5.41) is 2.61. The lowest BCUT2D eigenvalue weighted by atomic mass is 9.98. The maximum atomic E-state index is 13.2. The number of nitrogens with zero attached hydrogens (tertiary/aromatic N) is 1. The number of benzene rings is 2. The average Bonchev–Trinajstić information content (AvgIpc) is 2.73. The van der Waals surface area contributed by atoms with Crippen molar-refractivity contribution in [3.8, 4) is 0 Å². The Balaban J connectivity index is 1.53. The van der Waals surface area contributed by atoms with Crippen LogP contribution in [0.5, 0.6) is 0 Å². The summed E-state index contributed by atoms with van der Waals surface area (Å²) in [7, 11) is -3.63. The molecule has 0 radical (unpaired) electrons. The number of aryl methyl sites for hydroxylation is 3. The van der Waals surface area contributed by atoms with Crippen molar-refractivity contribution in [2.45, 2.75) is 38.5 Å². The molecule has 8 nitrogen and oxygen atoms in total. The molecule has 3 N–H and O–H groups in total. The van der Waals surface area contributed by atoms with Gasteiger partial charge in [0.2, 0.25) is 15.9 Å². The second kappa shape index (κ2) is 10.0. The summed E-state index contributed by atoms with van der Waals surface area (Å²) < 4.78 is 28.7. The highest BCUT2D eigenvalue weighted by atomic mass is 79.9. The molecule has 0 spiro atoms. The number of hydrogen-bond donors (Lipinski definition) is 3. The summed E-state index contributed by atoms with van der Waals surface area (Å²) in [5.41, 5.74) is 7.81. The van der Waals surface area contributed by atoms with Crippen LogP contribution in [0.1, 0.15) is 29.5 Å². The highest BCUT2D eigenvalue weighted by Gasteiger charge is 2.33. The summed E-state index contributed by atoms with van der Waals surface area (Å²) in [4.78, 5) is 24.8. The van der Waals surface area contributed by atoms with Crippen LogP contribution in [0.4, 0.5) is 10.5 Å². The van der Waals surface area contributed by atoms with Crippen LogP contribution in [0.25, 0.3) is 0 Å². The van der Waals surface area contributed by atoms with E-state index in [0.29, 0.717) is 23.4 Å². The first kappa shape index (κ1) is 24.2. The maximum Gasteiger partial charge on any atom is 0.337 e. The van der Waals surface area contributed by atoms with Crippen LogP contribution in [0.15, 0.2) is 45.8 Å². The van der Waals surface area contributed by atoms with Crippen molar-refractivity contribution in [3.63, 3.8) is 0 Å². The van der Waals surface area contributed by atoms with Crippen molar-refractivity contribution in [3.05, 3.63) is 57.6 Å². The zero-order chi connectivity index (χ0) is 23.5. The van der Waals surface area contributed by atoms with E-state index in [9.17, 15) is 18.0 Å². The molecule has 32 heavy (non-hydrogen) atoms. The third-order valence-corrected chi connectivity index (χ3v) is 8.16. The summed E-state index contributed by atoms with van der Waals surface area (Å²) in [6.07, 6.45) is 0.760. The van der Waals surface area contributed by atoms with Gasteiger partial charge in [-0.1, -0.05) is 33.6 Å². The monoisotopic (exact) mass is 522 g/mol. The fraction of sp³-hybridized carbons (Fsp3) is 0.364. The number of anilines is 1. The van der Waals surface area contributed by atoms with Gasteiger partial charge in [-0.25, -0.2) is 18.6 Å². The van der Waals surface area contributed by atoms with Gasteiger partial charge in [0.25, 0.3) is 0 Å².